The van der Waals surface area contributed by atoms with Crippen LogP contribution in [0, 0.1) is 0 Å². The van der Waals surface area contributed by atoms with Gasteiger partial charge < -0.3 is 8.42 Å². The van der Waals surface area contributed by atoms with E-state index in [-0.39, 0.29) is 31.1 Å². The van der Waals surface area contributed by atoms with Gasteiger partial charge in [-0.3, -0.25) is 0 Å². The molecule has 0 amide bonds. The van der Waals surface area contributed by atoms with Crippen molar-refractivity contribution in [1.29, 1.82) is 0 Å². The Morgan fingerprint density at radius 3 is 1.89 bits per heavy atom. The second kappa shape index (κ2) is 8.24. The molecule has 100 valence electrons. The zero-order valence-electron chi connectivity index (χ0n) is 10.3. The molecule has 4 heteroatoms. The van der Waals surface area contributed by atoms with Crippen molar-refractivity contribution >= 4 is 10.7 Å². The van der Waals surface area contributed by atoms with Crippen molar-refractivity contribution in [1.82, 2.24) is 0 Å². The summed E-state index contributed by atoms with van der Waals surface area (Å²) >= 11 is 0. The summed E-state index contributed by atoms with van der Waals surface area (Å²) in [5, 5.41) is 0. The van der Waals surface area contributed by atoms with Crippen LogP contribution < -0.4 is 0 Å². The third-order valence-corrected chi connectivity index (χ3v) is 3.61. The van der Waals surface area contributed by atoms with Crippen LogP contribution in [-0.2, 0) is 45.0 Å². The van der Waals surface area contributed by atoms with Gasteiger partial charge in [0.2, 0.25) is 0 Å². The number of rotatable bonds is 5. The smallest absolute Gasteiger partial charge is 0.424 e. The third-order valence-electron chi connectivity index (χ3n) is 2.93. The van der Waals surface area contributed by atoms with E-state index < -0.39 is 10.7 Å². The van der Waals surface area contributed by atoms with E-state index in [1.165, 1.54) is 0 Å². The predicted molar refractivity (Wildman–Crippen MR) is 72.9 cm³/mol. The van der Waals surface area contributed by atoms with Gasteiger partial charge in [-0.15, -0.1) is 0 Å². The van der Waals surface area contributed by atoms with Crippen LogP contribution >= 0.6 is 0 Å². The van der Waals surface area contributed by atoms with Crippen molar-refractivity contribution in [3.8, 4) is 0 Å². The molecule has 0 heterocycles. The first kappa shape index (κ1) is 16.1. The normalized spacial score (nSPS) is 11.8. The summed E-state index contributed by atoms with van der Waals surface area (Å²) in [5.74, 6) is 0.186. The van der Waals surface area contributed by atoms with E-state index >= 15 is 0 Å². The maximum absolute atomic E-state index is 11.0. The summed E-state index contributed by atoms with van der Waals surface area (Å²) in [6.45, 7) is 0. The van der Waals surface area contributed by atoms with Crippen LogP contribution in [-0.4, -0.2) is 5.75 Å². The van der Waals surface area contributed by atoms with Crippen molar-refractivity contribution in [2.24, 2.45) is 0 Å². The van der Waals surface area contributed by atoms with E-state index in [0.29, 0.717) is 0 Å². The van der Waals surface area contributed by atoms with Crippen molar-refractivity contribution in [2.45, 2.75) is 12.3 Å². The average molecular weight is 360 g/mol. The molecule has 0 radical (unpaired) electrons. The fourth-order valence-corrected chi connectivity index (χ4v) is 2.70. The topological polar surface area (TPSA) is 34.1 Å². The van der Waals surface area contributed by atoms with Crippen LogP contribution in [0.4, 0.5) is 0 Å². The maximum atomic E-state index is 11.0. The molecule has 0 aliphatic heterocycles. The molecule has 2 nitrogen and oxygen atoms in total. The van der Waals surface area contributed by atoms with Crippen molar-refractivity contribution in [3.63, 3.8) is 0 Å². The summed E-state index contributed by atoms with van der Waals surface area (Å²) in [5.41, 5.74) is 2.24. The number of hydrogen-bond acceptors (Lipinski definition) is 3. The molecule has 0 aromatic heterocycles. The Labute approximate surface area is 128 Å². The van der Waals surface area contributed by atoms with Gasteiger partial charge in [-0.05, 0) is 23.5 Å². The van der Waals surface area contributed by atoms with Crippen LogP contribution in [0.5, 0.6) is 0 Å². The first-order valence-electron chi connectivity index (χ1n) is 5.90. The van der Waals surface area contributed by atoms with Gasteiger partial charge in [-0.2, -0.15) is 0 Å². The molecule has 1 atom stereocenters. The monoisotopic (exact) mass is 361 g/mol. The van der Waals surface area contributed by atoms with E-state index in [1.807, 2.05) is 60.7 Å². The van der Waals surface area contributed by atoms with E-state index in [2.05, 4.69) is 0 Å². The van der Waals surface area contributed by atoms with Gasteiger partial charge in [0.05, 0.1) is 0 Å². The summed E-state index contributed by atoms with van der Waals surface area (Å²) in [4.78, 5) is 0. The molecular formula is C15H15O2RuS+. The first-order chi connectivity index (χ1) is 8.75. The van der Waals surface area contributed by atoms with Gasteiger partial charge in [-0.25, -0.2) is 0 Å². The molecule has 0 spiro atoms. The van der Waals surface area contributed by atoms with Gasteiger partial charge >= 0.3 is 19.5 Å². The van der Waals surface area contributed by atoms with Crippen molar-refractivity contribution in [2.75, 3.05) is 5.75 Å². The fourth-order valence-electron chi connectivity index (χ4n) is 2.06. The molecule has 0 saturated heterocycles. The molecule has 0 N–H and O–H groups in total. The molecule has 0 bridgehead atoms. The Bertz CT molecular complexity index is 545. The van der Waals surface area contributed by atoms with Crippen LogP contribution in [0.1, 0.15) is 17.0 Å². The fraction of sp³-hybridized carbons (Fsp3) is 0.200. The number of benzene rings is 2. The molecule has 0 aliphatic carbocycles. The zero-order valence-corrected chi connectivity index (χ0v) is 12.9. The molecule has 1 unspecified atom stereocenters. The summed E-state index contributed by atoms with van der Waals surface area (Å²) in [6, 6.07) is 19.8. The minimum absolute atomic E-state index is 0. The molecule has 2 aromatic carbocycles. The quantitative estimate of drug-likeness (QED) is 0.606. The van der Waals surface area contributed by atoms with E-state index in [4.69, 9.17) is 0 Å². The van der Waals surface area contributed by atoms with Gasteiger partial charge in [-0.1, -0.05) is 77.1 Å². The van der Waals surface area contributed by atoms with Crippen molar-refractivity contribution in [3.05, 3.63) is 71.8 Å². The molecule has 2 rings (SSSR count). The van der Waals surface area contributed by atoms with E-state index in [1.54, 1.807) is 0 Å². The standard InChI is InChI=1S/C15H15O2S.Ru/c16-18(17)12-15(14-9-5-2-6-10-14)11-13-7-3-1-4-8-13;/h1-10,15H,11-12H2;/q-1;+2. The van der Waals surface area contributed by atoms with Gasteiger partial charge in [0.15, 0.2) is 0 Å². The van der Waals surface area contributed by atoms with Gasteiger partial charge in [0.1, 0.15) is 0 Å². The number of hydrogen-bond donors (Lipinski definition) is 0. The Kier molecular flexibility index (Phi) is 6.97. The van der Waals surface area contributed by atoms with E-state index in [0.717, 1.165) is 17.5 Å². The summed E-state index contributed by atoms with van der Waals surface area (Å²) in [7, 11) is -2.02. The largest absolute Gasteiger partial charge is 2.00 e. The van der Waals surface area contributed by atoms with Gasteiger partial charge in [0.25, 0.3) is 0 Å². The minimum atomic E-state index is -2.02. The molecular weight excluding hydrogens is 345 g/mol. The second-order valence-electron chi connectivity index (χ2n) is 4.27. The predicted octanol–water partition coefficient (Wildman–Crippen LogP) is 3.32. The Hall–Kier alpha value is -0.987. The second-order valence-corrected chi connectivity index (χ2v) is 5.21. The maximum Gasteiger partial charge on any atom is 2.00 e. The zero-order chi connectivity index (χ0) is 12.8. The summed E-state index contributed by atoms with van der Waals surface area (Å²) in [6.07, 6.45) is 0.749. The van der Waals surface area contributed by atoms with Gasteiger partial charge in [0, 0.05) is 0 Å². The molecule has 0 fully saturated rings. The average Bonchev–Trinajstić information content (AvgIpc) is 2.40. The SMILES string of the molecule is O=[S-](=O)CC(Cc1ccccc1)c1ccccc1.[Ru+2]. The minimum Gasteiger partial charge on any atom is -0.424 e. The molecule has 19 heavy (non-hydrogen) atoms. The summed E-state index contributed by atoms with van der Waals surface area (Å²) < 4.78 is 21.9. The Morgan fingerprint density at radius 2 is 1.37 bits per heavy atom. The molecule has 0 aliphatic rings. The Morgan fingerprint density at radius 1 is 0.842 bits per heavy atom. The van der Waals surface area contributed by atoms with Crippen LogP contribution in [0.2, 0.25) is 0 Å². The van der Waals surface area contributed by atoms with Crippen LogP contribution in [0.25, 0.3) is 0 Å². The van der Waals surface area contributed by atoms with Crippen LogP contribution in [0.15, 0.2) is 60.7 Å². The molecule has 0 saturated carbocycles. The Balaban J connectivity index is 0.00000180. The van der Waals surface area contributed by atoms with Crippen molar-refractivity contribution < 1.29 is 27.9 Å². The molecule has 2 aromatic rings. The van der Waals surface area contributed by atoms with Crippen LogP contribution in [0.3, 0.4) is 0 Å². The third kappa shape index (κ3) is 5.26. The van der Waals surface area contributed by atoms with E-state index in [9.17, 15) is 8.42 Å². The first-order valence-corrected chi connectivity index (χ1v) is 7.15.